The van der Waals surface area contributed by atoms with Crippen LogP contribution in [0.2, 0.25) is 0 Å². The van der Waals surface area contributed by atoms with Gasteiger partial charge in [0.05, 0.1) is 12.2 Å². The predicted octanol–water partition coefficient (Wildman–Crippen LogP) is 6.07. The minimum atomic E-state index is -5.00. The topological polar surface area (TPSA) is 26.3 Å². The van der Waals surface area contributed by atoms with Crippen molar-refractivity contribution >= 4 is 5.97 Å². The number of carbonyl (C=O) groups is 1. The molecule has 0 aliphatic rings. The quantitative estimate of drug-likeness (QED) is 0.450. The van der Waals surface area contributed by atoms with Gasteiger partial charge in [-0.25, -0.2) is 8.78 Å². The average molecular weight is 400 g/mol. The van der Waals surface area contributed by atoms with Crippen LogP contribution in [0, 0.1) is 32.4 Å². The molecule has 0 aromatic heterocycles. The van der Waals surface area contributed by atoms with E-state index in [4.69, 9.17) is 4.74 Å². The third kappa shape index (κ3) is 4.51. The summed E-state index contributed by atoms with van der Waals surface area (Å²) in [5.74, 6) is -3.52. The number of esters is 1. The number of carbonyl (C=O) groups excluding carboxylic acids is 1. The molecule has 2 aromatic carbocycles. The van der Waals surface area contributed by atoms with E-state index in [1.807, 2.05) is 6.92 Å². The fourth-order valence-corrected chi connectivity index (χ4v) is 3.37. The Morgan fingerprint density at radius 2 is 1.57 bits per heavy atom. The fraction of sp³-hybridized carbons (Fsp3) is 0.381. The Balaban J connectivity index is 2.70. The molecule has 152 valence electrons. The lowest BCUT2D eigenvalue weighted by molar-refractivity contribution is -0.143. The van der Waals surface area contributed by atoms with E-state index in [1.165, 1.54) is 0 Å². The third-order valence-corrected chi connectivity index (χ3v) is 4.43. The Kier molecular flexibility index (Phi) is 6.47. The minimum Gasteiger partial charge on any atom is -0.466 e. The summed E-state index contributed by atoms with van der Waals surface area (Å²) >= 11 is 0. The van der Waals surface area contributed by atoms with E-state index in [-0.39, 0.29) is 17.7 Å². The van der Waals surface area contributed by atoms with E-state index < -0.39 is 47.7 Å². The number of benzene rings is 2. The maximum absolute atomic E-state index is 15.1. The van der Waals surface area contributed by atoms with Crippen LogP contribution in [0.25, 0.3) is 11.1 Å². The molecule has 0 N–H and O–H groups in total. The molecule has 2 aromatic rings. The highest BCUT2D eigenvalue weighted by atomic mass is 19.4. The monoisotopic (exact) mass is 400 g/mol. The maximum atomic E-state index is 15.1. The summed E-state index contributed by atoms with van der Waals surface area (Å²) in [5, 5.41) is 0. The number of rotatable bonds is 5. The van der Waals surface area contributed by atoms with E-state index in [1.54, 1.807) is 32.9 Å². The number of aryl methyl sites for hydroxylation is 3. The van der Waals surface area contributed by atoms with Crippen molar-refractivity contribution in [3.05, 3.63) is 57.7 Å². The summed E-state index contributed by atoms with van der Waals surface area (Å²) in [6.07, 6.45) is -5.95. The zero-order chi connectivity index (χ0) is 21.2. The molecule has 0 radical (unpaired) electrons. The second-order valence-corrected chi connectivity index (χ2v) is 6.65. The molecule has 0 saturated carbocycles. The summed E-state index contributed by atoms with van der Waals surface area (Å²) in [6.45, 7) is 6.76. The lowest BCUT2D eigenvalue weighted by Gasteiger charge is -2.19. The number of ether oxygens (including phenoxy) is 1. The van der Waals surface area contributed by atoms with Gasteiger partial charge in [-0.2, -0.15) is 13.2 Å². The van der Waals surface area contributed by atoms with Crippen molar-refractivity contribution in [2.45, 2.75) is 46.7 Å². The van der Waals surface area contributed by atoms with Crippen LogP contribution in [-0.2, 0) is 22.1 Å². The molecule has 0 unspecified atom stereocenters. The smallest absolute Gasteiger partial charge is 0.419 e. The van der Waals surface area contributed by atoms with E-state index >= 15 is 4.39 Å². The third-order valence-electron chi connectivity index (χ3n) is 4.43. The van der Waals surface area contributed by atoms with Crippen LogP contribution in [0.15, 0.2) is 18.2 Å². The van der Waals surface area contributed by atoms with Crippen molar-refractivity contribution in [1.29, 1.82) is 0 Å². The van der Waals surface area contributed by atoms with Crippen molar-refractivity contribution in [1.82, 2.24) is 0 Å². The second kappa shape index (κ2) is 8.29. The molecule has 0 spiro atoms. The molecule has 2 nitrogen and oxygen atoms in total. The van der Waals surface area contributed by atoms with Crippen molar-refractivity contribution in [3.63, 3.8) is 0 Å². The molecule has 28 heavy (non-hydrogen) atoms. The van der Waals surface area contributed by atoms with Gasteiger partial charge in [-0.05, 0) is 56.9 Å². The van der Waals surface area contributed by atoms with Gasteiger partial charge in [0.2, 0.25) is 0 Å². The Labute approximate surface area is 160 Å². The SMILES string of the molecule is CCOC(=O)CCc1c(F)c(-c2c(C)cc(C)cc2C)cc(C(F)(F)F)c1F. The highest BCUT2D eigenvalue weighted by Gasteiger charge is 2.37. The molecule has 0 fully saturated rings. The summed E-state index contributed by atoms with van der Waals surface area (Å²) in [7, 11) is 0. The second-order valence-electron chi connectivity index (χ2n) is 6.65. The molecular weight excluding hydrogens is 379 g/mol. The molecule has 0 heterocycles. The predicted molar refractivity (Wildman–Crippen MR) is 96.0 cm³/mol. The van der Waals surface area contributed by atoms with Crippen LogP contribution in [0.1, 0.15) is 41.2 Å². The normalized spacial score (nSPS) is 11.6. The number of halogens is 5. The summed E-state index contributed by atoms with van der Waals surface area (Å²) in [5.41, 5.74) is -0.340. The zero-order valence-corrected chi connectivity index (χ0v) is 16.1. The molecule has 0 amide bonds. The van der Waals surface area contributed by atoms with E-state index in [0.717, 1.165) is 5.56 Å². The lowest BCUT2D eigenvalue weighted by atomic mass is 9.89. The Hall–Kier alpha value is -2.44. The van der Waals surface area contributed by atoms with Crippen molar-refractivity contribution in [2.24, 2.45) is 0 Å². The van der Waals surface area contributed by atoms with Crippen molar-refractivity contribution in [2.75, 3.05) is 6.61 Å². The number of hydrogen-bond donors (Lipinski definition) is 0. The Bertz CT molecular complexity index is 878. The van der Waals surface area contributed by atoms with Crippen molar-refractivity contribution < 1.29 is 31.5 Å². The van der Waals surface area contributed by atoms with Gasteiger partial charge in [0, 0.05) is 17.5 Å². The van der Waals surface area contributed by atoms with Gasteiger partial charge in [-0.15, -0.1) is 0 Å². The Morgan fingerprint density at radius 3 is 2.07 bits per heavy atom. The first-order chi connectivity index (χ1) is 13.0. The van der Waals surface area contributed by atoms with Gasteiger partial charge in [-0.3, -0.25) is 4.79 Å². The van der Waals surface area contributed by atoms with Gasteiger partial charge in [0.15, 0.2) is 0 Å². The van der Waals surface area contributed by atoms with Crippen LogP contribution in [0.5, 0.6) is 0 Å². The van der Waals surface area contributed by atoms with E-state index in [2.05, 4.69) is 0 Å². The van der Waals surface area contributed by atoms with Gasteiger partial charge in [0.25, 0.3) is 0 Å². The van der Waals surface area contributed by atoms with Gasteiger partial charge in [0.1, 0.15) is 11.6 Å². The van der Waals surface area contributed by atoms with Crippen LogP contribution in [0.3, 0.4) is 0 Å². The van der Waals surface area contributed by atoms with E-state index in [0.29, 0.717) is 17.2 Å². The largest absolute Gasteiger partial charge is 0.466 e. The molecular formula is C21H21F5O2. The van der Waals surface area contributed by atoms with Gasteiger partial charge < -0.3 is 4.74 Å². The molecule has 2 rings (SSSR count). The zero-order valence-electron chi connectivity index (χ0n) is 16.1. The first-order valence-electron chi connectivity index (χ1n) is 8.79. The van der Waals surface area contributed by atoms with Gasteiger partial charge in [-0.1, -0.05) is 17.7 Å². The van der Waals surface area contributed by atoms with Crippen LogP contribution in [-0.4, -0.2) is 12.6 Å². The van der Waals surface area contributed by atoms with Crippen molar-refractivity contribution in [3.8, 4) is 11.1 Å². The van der Waals surface area contributed by atoms with Crippen LogP contribution >= 0.6 is 0 Å². The molecule has 0 bridgehead atoms. The average Bonchev–Trinajstić information content (AvgIpc) is 2.54. The molecule has 7 heteroatoms. The molecule has 0 atom stereocenters. The highest BCUT2D eigenvalue weighted by molar-refractivity contribution is 5.74. The maximum Gasteiger partial charge on any atom is 0.419 e. The minimum absolute atomic E-state index is 0.0688. The summed E-state index contributed by atoms with van der Waals surface area (Å²) < 4.78 is 74.5. The van der Waals surface area contributed by atoms with Gasteiger partial charge >= 0.3 is 12.1 Å². The molecule has 0 aliphatic heterocycles. The summed E-state index contributed by atoms with van der Waals surface area (Å²) in [6, 6.07) is 3.94. The lowest BCUT2D eigenvalue weighted by Crippen LogP contribution is -2.14. The standard InChI is InChI=1S/C21H21F5O2/c1-5-28-17(27)7-6-14-19(22)15(10-16(20(14)23)21(24,25)26)18-12(3)8-11(2)9-13(18)4/h8-10H,5-7H2,1-4H3. The summed E-state index contributed by atoms with van der Waals surface area (Å²) in [4.78, 5) is 11.5. The number of alkyl halides is 3. The highest BCUT2D eigenvalue weighted by Crippen LogP contribution is 2.40. The van der Waals surface area contributed by atoms with Crippen LogP contribution in [0.4, 0.5) is 22.0 Å². The Morgan fingerprint density at radius 1 is 1.00 bits per heavy atom. The van der Waals surface area contributed by atoms with Crippen LogP contribution < -0.4 is 0 Å². The molecule has 0 saturated heterocycles. The molecule has 0 aliphatic carbocycles. The number of hydrogen-bond acceptors (Lipinski definition) is 2. The van der Waals surface area contributed by atoms with E-state index in [9.17, 15) is 22.4 Å². The first kappa shape index (κ1) is 21.9. The first-order valence-corrected chi connectivity index (χ1v) is 8.79. The fourth-order valence-electron chi connectivity index (χ4n) is 3.37.